The molecule has 0 unspecified atom stereocenters. The number of nitrogens with two attached hydrogens (primary N) is 1. The number of benzene rings is 3. The minimum absolute atomic E-state index is 0.217. The molecule has 0 spiro atoms. The van der Waals surface area contributed by atoms with Crippen LogP contribution in [0.3, 0.4) is 0 Å². The lowest BCUT2D eigenvalue weighted by molar-refractivity contribution is -0.123. The first kappa shape index (κ1) is 19.2. The Morgan fingerprint density at radius 1 is 0.966 bits per heavy atom. The van der Waals surface area contributed by atoms with E-state index in [4.69, 9.17) is 17.3 Å². The summed E-state index contributed by atoms with van der Waals surface area (Å²) in [5.74, 6) is -0.769. The maximum absolute atomic E-state index is 13.6. The molecular weight excluding hydrogens is 384 g/mol. The molecule has 3 aromatic carbocycles. The van der Waals surface area contributed by atoms with E-state index < -0.39 is 11.9 Å². The van der Waals surface area contributed by atoms with Gasteiger partial charge in [0.15, 0.2) is 0 Å². The van der Waals surface area contributed by atoms with E-state index in [-0.39, 0.29) is 11.9 Å². The third kappa shape index (κ3) is 3.76. The summed E-state index contributed by atoms with van der Waals surface area (Å²) in [6.07, 6.45) is 1.50. The van der Waals surface area contributed by atoms with E-state index in [0.717, 1.165) is 17.5 Å². The molecule has 2 atom stereocenters. The Balaban J connectivity index is 1.84. The molecule has 2 N–H and O–H groups in total. The van der Waals surface area contributed by atoms with Gasteiger partial charge in [0.25, 0.3) is 5.91 Å². The van der Waals surface area contributed by atoms with E-state index in [0.29, 0.717) is 22.6 Å². The molecule has 5 heteroatoms. The largest absolute Gasteiger partial charge is 0.368 e. The Bertz CT molecular complexity index is 1040. The number of fused-ring (bicyclic) bond motifs is 1. The summed E-state index contributed by atoms with van der Waals surface area (Å²) in [5.41, 5.74) is 9.19. The van der Waals surface area contributed by atoms with Gasteiger partial charge in [0.2, 0.25) is 5.91 Å². The summed E-state index contributed by atoms with van der Waals surface area (Å²) < 4.78 is 0. The molecule has 0 aliphatic heterocycles. The maximum atomic E-state index is 13.6. The van der Waals surface area contributed by atoms with Crippen LogP contribution in [0.25, 0.3) is 0 Å². The smallest absolute Gasteiger partial charge is 0.255 e. The number of hydrogen-bond acceptors (Lipinski definition) is 2. The number of rotatable bonds is 5. The molecular formula is C24H21ClN2O2. The van der Waals surface area contributed by atoms with Gasteiger partial charge in [-0.1, -0.05) is 66.2 Å². The van der Waals surface area contributed by atoms with Gasteiger partial charge in [-0.15, -0.1) is 0 Å². The summed E-state index contributed by atoms with van der Waals surface area (Å²) in [5, 5.41) is 0.667. The molecule has 0 fully saturated rings. The van der Waals surface area contributed by atoms with E-state index in [9.17, 15) is 9.59 Å². The highest BCUT2D eigenvalue weighted by Gasteiger charge is 2.39. The fourth-order valence-corrected chi connectivity index (χ4v) is 4.31. The average molecular weight is 405 g/mol. The van der Waals surface area contributed by atoms with E-state index in [2.05, 4.69) is 0 Å². The first-order valence-corrected chi connectivity index (χ1v) is 9.94. The van der Waals surface area contributed by atoms with Crippen LogP contribution in [0.1, 0.15) is 45.6 Å². The SMILES string of the molecule is NC(=O)[C@@H](c1ccccc1)N(C(=O)c1ccccc1)[C@@H]1CCc2cc(Cl)ccc21. The molecule has 1 aliphatic carbocycles. The average Bonchev–Trinajstić information content (AvgIpc) is 3.15. The first-order valence-electron chi connectivity index (χ1n) is 9.56. The standard InChI is InChI=1S/C24H21ClN2O2/c25-19-12-13-20-18(15-19)11-14-21(20)27(24(29)17-9-5-2-6-10-17)22(23(26)28)16-7-3-1-4-8-16/h1-10,12-13,15,21-22H,11,14H2,(H2,26,28)/t21-,22-/m1/s1. The Labute approximate surface area is 174 Å². The molecule has 0 aromatic heterocycles. The molecule has 0 saturated heterocycles. The lowest BCUT2D eigenvalue weighted by Crippen LogP contribution is -2.43. The molecule has 4 rings (SSSR count). The number of carbonyl (C=O) groups is 2. The van der Waals surface area contributed by atoms with Crippen LogP contribution >= 0.6 is 11.6 Å². The number of carbonyl (C=O) groups excluding carboxylic acids is 2. The third-order valence-electron chi connectivity index (χ3n) is 5.41. The van der Waals surface area contributed by atoms with Gasteiger partial charge < -0.3 is 10.6 Å². The van der Waals surface area contributed by atoms with Gasteiger partial charge in [-0.3, -0.25) is 9.59 Å². The van der Waals surface area contributed by atoms with Crippen LogP contribution in [0, 0.1) is 0 Å². The quantitative estimate of drug-likeness (QED) is 0.670. The van der Waals surface area contributed by atoms with Crippen LogP contribution in [0.5, 0.6) is 0 Å². The van der Waals surface area contributed by atoms with Crippen LogP contribution in [-0.2, 0) is 11.2 Å². The first-order chi connectivity index (χ1) is 14.1. The second-order valence-corrected chi connectivity index (χ2v) is 7.63. The zero-order chi connectivity index (χ0) is 20.4. The Morgan fingerprint density at radius 2 is 1.62 bits per heavy atom. The minimum atomic E-state index is -0.865. The molecule has 0 saturated carbocycles. The van der Waals surface area contributed by atoms with Crippen molar-refractivity contribution in [1.29, 1.82) is 0 Å². The van der Waals surface area contributed by atoms with Crippen molar-refractivity contribution in [3.63, 3.8) is 0 Å². The van der Waals surface area contributed by atoms with Crippen molar-refractivity contribution in [2.45, 2.75) is 24.9 Å². The fourth-order valence-electron chi connectivity index (χ4n) is 4.12. The summed E-state index contributed by atoms with van der Waals surface area (Å²) in [6.45, 7) is 0. The number of nitrogens with zero attached hydrogens (tertiary/aromatic N) is 1. The van der Waals surface area contributed by atoms with E-state index in [1.165, 1.54) is 0 Å². The minimum Gasteiger partial charge on any atom is -0.368 e. The molecule has 4 nitrogen and oxygen atoms in total. The summed E-state index contributed by atoms with van der Waals surface area (Å²) in [7, 11) is 0. The van der Waals surface area contributed by atoms with Gasteiger partial charge >= 0.3 is 0 Å². The highest BCUT2D eigenvalue weighted by Crippen LogP contribution is 2.41. The lowest BCUT2D eigenvalue weighted by Gasteiger charge is -2.36. The van der Waals surface area contributed by atoms with Crippen molar-refractivity contribution in [2.24, 2.45) is 5.73 Å². The topological polar surface area (TPSA) is 63.4 Å². The number of halogens is 1. The molecule has 0 bridgehead atoms. The molecule has 29 heavy (non-hydrogen) atoms. The molecule has 0 radical (unpaired) electrons. The molecule has 1 aliphatic rings. The highest BCUT2D eigenvalue weighted by molar-refractivity contribution is 6.30. The lowest BCUT2D eigenvalue weighted by atomic mass is 9.98. The second kappa shape index (κ2) is 8.10. The maximum Gasteiger partial charge on any atom is 0.255 e. The molecule has 0 heterocycles. The fraction of sp³-hybridized carbons (Fsp3) is 0.167. The van der Waals surface area contributed by atoms with Crippen molar-refractivity contribution in [3.8, 4) is 0 Å². The molecule has 146 valence electrons. The van der Waals surface area contributed by atoms with Crippen LogP contribution in [0.2, 0.25) is 5.02 Å². The van der Waals surface area contributed by atoms with Crippen LogP contribution < -0.4 is 5.73 Å². The highest BCUT2D eigenvalue weighted by atomic mass is 35.5. The summed E-state index contributed by atoms with van der Waals surface area (Å²) in [6, 6.07) is 22.8. The van der Waals surface area contributed by atoms with Crippen molar-refractivity contribution in [1.82, 2.24) is 4.90 Å². The third-order valence-corrected chi connectivity index (χ3v) is 5.64. The van der Waals surface area contributed by atoms with Crippen molar-refractivity contribution in [2.75, 3.05) is 0 Å². The van der Waals surface area contributed by atoms with Crippen LogP contribution in [-0.4, -0.2) is 16.7 Å². The Kier molecular flexibility index (Phi) is 5.36. The van der Waals surface area contributed by atoms with E-state index >= 15 is 0 Å². The Hall–Kier alpha value is -3.11. The van der Waals surface area contributed by atoms with Crippen molar-refractivity contribution >= 4 is 23.4 Å². The number of aryl methyl sites for hydroxylation is 1. The van der Waals surface area contributed by atoms with Gasteiger partial charge in [-0.2, -0.15) is 0 Å². The predicted molar refractivity (Wildman–Crippen MR) is 114 cm³/mol. The monoisotopic (exact) mass is 404 g/mol. The normalized spacial score (nSPS) is 16.1. The second-order valence-electron chi connectivity index (χ2n) is 7.19. The van der Waals surface area contributed by atoms with Crippen LogP contribution in [0.4, 0.5) is 0 Å². The number of amides is 2. The number of hydrogen-bond donors (Lipinski definition) is 1. The summed E-state index contributed by atoms with van der Waals surface area (Å²) in [4.78, 5) is 27.9. The Morgan fingerprint density at radius 3 is 2.28 bits per heavy atom. The van der Waals surface area contributed by atoms with Gasteiger partial charge in [-0.05, 0) is 53.8 Å². The van der Waals surface area contributed by atoms with Crippen molar-refractivity contribution in [3.05, 3.63) is 106 Å². The zero-order valence-corrected chi connectivity index (χ0v) is 16.5. The van der Waals surface area contributed by atoms with Gasteiger partial charge in [0.05, 0.1) is 6.04 Å². The van der Waals surface area contributed by atoms with E-state index in [1.807, 2.05) is 66.7 Å². The van der Waals surface area contributed by atoms with Crippen LogP contribution in [0.15, 0.2) is 78.9 Å². The van der Waals surface area contributed by atoms with Gasteiger partial charge in [-0.25, -0.2) is 0 Å². The predicted octanol–water partition coefficient (Wildman–Crippen LogP) is 4.70. The molecule has 3 aromatic rings. The zero-order valence-electron chi connectivity index (χ0n) is 15.8. The van der Waals surface area contributed by atoms with Crippen molar-refractivity contribution < 1.29 is 9.59 Å². The van der Waals surface area contributed by atoms with E-state index in [1.54, 1.807) is 17.0 Å². The van der Waals surface area contributed by atoms with Gasteiger partial charge in [0.1, 0.15) is 6.04 Å². The summed E-state index contributed by atoms with van der Waals surface area (Å²) >= 11 is 6.16. The number of primary amides is 1. The molecule has 2 amide bonds. The van der Waals surface area contributed by atoms with Gasteiger partial charge in [0, 0.05) is 10.6 Å².